The highest BCUT2D eigenvalue weighted by Gasteiger charge is 2.07. The summed E-state index contributed by atoms with van der Waals surface area (Å²) in [6.45, 7) is 0. The van der Waals surface area contributed by atoms with Crippen LogP contribution in [0.5, 0.6) is 0 Å². The summed E-state index contributed by atoms with van der Waals surface area (Å²) in [5.74, 6) is 0. The maximum absolute atomic E-state index is 11.3. The molecular formula is C11H7N3O. The maximum Gasteiger partial charge on any atom is 0.266 e. The van der Waals surface area contributed by atoms with Gasteiger partial charge in [-0.05, 0) is 12.1 Å². The van der Waals surface area contributed by atoms with Gasteiger partial charge in [-0.3, -0.25) is 9.78 Å². The SMILES string of the molecule is N#Cc1c(-c2cccnc2)cc[nH]c1=O. The molecule has 0 fully saturated rings. The molecule has 2 aromatic rings. The lowest BCUT2D eigenvalue weighted by atomic mass is 10.0. The third kappa shape index (κ3) is 1.63. The van der Waals surface area contributed by atoms with Gasteiger partial charge in [0.25, 0.3) is 5.56 Å². The van der Waals surface area contributed by atoms with E-state index in [9.17, 15) is 4.79 Å². The molecule has 4 nitrogen and oxygen atoms in total. The normalized spacial score (nSPS) is 9.53. The Morgan fingerprint density at radius 2 is 2.27 bits per heavy atom. The number of hydrogen-bond donors (Lipinski definition) is 1. The van der Waals surface area contributed by atoms with E-state index in [1.165, 1.54) is 6.20 Å². The number of H-pyrrole nitrogens is 1. The minimum absolute atomic E-state index is 0.116. The Labute approximate surface area is 85.8 Å². The Kier molecular flexibility index (Phi) is 2.30. The van der Waals surface area contributed by atoms with Crippen molar-refractivity contribution in [3.63, 3.8) is 0 Å². The molecular weight excluding hydrogens is 190 g/mol. The van der Waals surface area contributed by atoms with Crippen LogP contribution in [0.2, 0.25) is 0 Å². The summed E-state index contributed by atoms with van der Waals surface area (Å²) in [7, 11) is 0. The quantitative estimate of drug-likeness (QED) is 0.749. The highest BCUT2D eigenvalue weighted by Crippen LogP contribution is 2.18. The third-order valence-corrected chi connectivity index (χ3v) is 2.05. The van der Waals surface area contributed by atoms with Crippen LogP contribution in [0.15, 0.2) is 41.6 Å². The zero-order chi connectivity index (χ0) is 10.7. The topological polar surface area (TPSA) is 69.5 Å². The highest BCUT2D eigenvalue weighted by molar-refractivity contribution is 5.68. The van der Waals surface area contributed by atoms with Gasteiger partial charge in [0.15, 0.2) is 0 Å². The fourth-order valence-corrected chi connectivity index (χ4v) is 1.35. The Bertz CT molecular complexity index is 566. The van der Waals surface area contributed by atoms with E-state index in [1.54, 1.807) is 24.5 Å². The number of nitrogens with zero attached hydrogens (tertiary/aromatic N) is 2. The van der Waals surface area contributed by atoms with Crippen molar-refractivity contribution in [2.24, 2.45) is 0 Å². The summed E-state index contributed by atoms with van der Waals surface area (Å²) in [6.07, 6.45) is 4.78. The molecule has 0 bridgehead atoms. The standard InChI is InChI=1S/C11H7N3O/c12-6-10-9(3-5-14-11(10)15)8-2-1-4-13-7-8/h1-5,7H,(H,14,15). The molecule has 2 aromatic heterocycles. The maximum atomic E-state index is 11.3. The van der Waals surface area contributed by atoms with Crippen molar-refractivity contribution in [3.8, 4) is 17.2 Å². The second-order valence-corrected chi connectivity index (χ2v) is 2.95. The van der Waals surface area contributed by atoms with Crippen LogP contribution < -0.4 is 5.56 Å². The summed E-state index contributed by atoms with van der Waals surface area (Å²) >= 11 is 0. The first-order valence-corrected chi connectivity index (χ1v) is 4.35. The largest absolute Gasteiger partial charge is 0.328 e. The van der Waals surface area contributed by atoms with E-state index in [0.29, 0.717) is 5.56 Å². The first-order chi connectivity index (χ1) is 7.33. The zero-order valence-corrected chi connectivity index (χ0v) is 7.77. The van der Waals surface area contributed by atoms with Gasteiger partial charge >= 0.3 is 0 Å². The molecule has 0 unspecified atom stereocenters. The summed E-state index contributed by atoms with van der Waals surface area (Å²) < 4.78 is 0. The van der Waals surface area contributed by atoms with Crippen molar-refractivity contribution in [2.75, 3.05) is 0 Å². The average Bonchev–Trinajstić information content (AvgIpc) is 2.30. The number of nitriles is 1. The van der Waals surface area contributed by atoms with Crippen LogP contribution in [0.4, 0.5) is 0 Å². The second kappa shape index (κ2) is 3.76. The average molecular weight is 197 g/mol. The predicted octanol–water partition coefficient (Wildman–Crippen LogP) is 1.31. The van der Waals surface area contributed by atoms with Crippen LogP contribution in [0.25, 0.3) is 11.1 Å². The van der Waals surface area contributed by atoms with Crippen LogP contribution in [-0.2, 0) is 0 Å². The molecule has 2 rings (SSSR count). The molecule has 0 aromatic carbocycles. The first kappa shape index (κ1) is 9.16. The summed E-state index contributed by atoms with van der Waals surface area (Å²) in [5.41, 5.74) is 1.11. The Hall–Kier alpha value is -2.41. The van der Waals surface area contributed by atoms with Crippen LogP contribution in [-0.4, -0.2) is 9.97 Å². The first-order valence-electron chi connectivity index (χ1n) is 4.35. The molecule has 0 amide bonds. The molecule has 0 spiro atoms. The Morgan fingerprint density at radius 3 is 2.93 bits per heavy atom. The van der Waals surface area contributed by atoms with Crippen LogP contribution in [0, 0.1) is 11.3 Å². The minimum atomic E-state index is -0.376. The molecule has 2 heterocycles. The Morgan fingerprint density at radius 1 is 1.40 bits per heavy atom. The molecule has 72 valence electrons. The number of aromatic amines is 1. The number of nitrogens with one attached hydrogen (secondary N) is 1. The summed E-state index contributed by atoms with van der Waals surface area (Å²) in [6, 6.07) is 7.15. The van der Waals surface area contributed by atoms with E-state index in [0.717, 1.165) is 5.56 Å². The van der Waals surface area contributed by atoms with Crippen LogP contribution >= 0.6 is 0 Å². The lowest BCUT2D eigenvalue weighted by Gasteiger charge is -2.01. The molecule has 15 heavy (non-hydrogen) atoms. The summed E-state index contributed by atoms with van der Waals surface area (Å²) in [4.78, 5) is 17.8. The molecule has 0 aliphatic carbocycles. The van der Waals surface area contributed by atoms with Crippen LogP contribution in [0.1, 0.15) is 5.56 Å². The highest BCUT2D eigenvalue weighted by atomic mass is 16.1. The fraction of sp³-hybridized carbons (Fsp3) is 0. The molecule has 0 atom stereocenters. The van der Waals surface area contributed by atoms with Gasteiger partial charge < -0.3 is 4.98 Å². The lowest BCUT2D eigenvalue weighted by Crippen LogP contribution is -2.10. The van der Waals surface area contributed by atoms with E-state index < -0.39 is 0 Å². The van der Waals surface area contributed by atoms with E-state index in [4.69, 9.17) is 5.26 Å². The molecule has 0 saturated heterocycles. The van der Waals surface area contributed by atoms with Gasteiger partial charge in [0.2, 0.25) is 0 Å². The minimum Gasteiger partial charge on any atom is -0.328 e. The molecule has 0 radical (unpaired) electrons. The number of hydrogen-bond acceptors (Lipinski definition) is 3. The third-order valence-electron chi connectivity index (χ3n) is 2.05. The van der Waals surface area contributed by atoms with Crippen molar-refractivity contribution >= 4 is 0 Å². The van der Waals surface area contributed by atoms with Gasteiger partial charge in [-0.25, -0.2) is 0 Å². The fourth-order valence-electron chi connectivity index (χ4n) is 1.35. The number of aromatic nitrogens is 2. The smallest absolute Gasteiger partial charge is 0.266 e. The number of pyridine rings is 2. The molecule has 0 aliphatic heterocycles. The molecule has 0 aliphatic rings. The molecule has 4 heteroatoms. The Balaban J connectivity index is 2.70. The van der Waals surface area contributed by atoms with E-state index in [2.05, 4.69) is 9.97 Å². The van der Waals surface area contributed by atoms with Gasteiger partial charge in [-0.2, -0.15) is 5.26 Å². The van der Waals surface area contributed by atoms with Gasteiger partial charge in [-0.15, -0.1) is 0 Å². The lowest BCUT2D eigenvalue weighted by molar-refractivity contribution is 1.21. The monoisotopic (exact) mass is 197 g/mol. The van der Waals surface area contributed by atoms with Gasteiger partial charge in [0, 0.05) is 29.7 Å². The second-order valence-electron chi connectivity index (χ2n) is 2.95. The van der Waals surface area contributed by atoms with Gasteiger partial charge in [0.1, 0.15) is 11.6 Å². The van der Waals surface area contributed by atoms with E-state index in [1.807, 2.05) is 12.1 Å². The van der Waals surface area contributed by atoms with Crippen molar-refractivity contribution < 1.29 is 0 Å². The zero-order valence-electron chi connectivity index (χ0n) is 7.77. The molecule has 0 saturated carbocycles. The van der Waals surface area contributed by atoms with E-state index >= 15 is 0 Å². The van der Waals surface area contributed by atoms with Crippen molar-refractivity contribution in [2.45, 2.75) is 0 Å². The number of rotatable bonds is 1. The van der Waals surface area contributed by atoms with Crippen LogP contribution in [0.3, 0.4) is 0 Å². The van der Waals surface area contributed by atoms with Crippen molar-refractivity contribution in [3.05, 3.63) is 52.7 Å². The molecule has 1 N–H and O–H groups in total. The van der Waals surface area contributed by atoms with E-state index in [-0.39, 0.29) is 11.1 Å². The van der Waals surface area contributed by atoms with Gasteiger partial charge in [0.05, 0.1) is 0 Å². The summed E-state index contributed by atoms with van der Waals surface area (Å²) in [5, 5.41) is 8.87. The van der Waals surface area contributed by atoms with Crippen molar-refractivity contribution in [1.82, 2.24) is 9.97 Å². The van der Waals surface area contributed by atoms with Crippen molar-refractivity contribution in [1.29, 1.82) is 5.26 Å². The predicted molar refractivity (Wildman–Crippen MR) is 55.0 cm³/mol. The van der Waals surface area contributed by atoms with Gasteiger partial charge in [-0.1, -0.05) is 6.07 Å².